The zero-order chi connectivity index (χ0) is 9.84. The molecule has 0 aromatic heterocycles. The number of halogens is 2. The maximum absolute atomic E-state index is 12.2. The van der Waals surface area contributed by atoms with Crippen LogP contribution < -0.4 is 4.65 Å². The molecule has 70 valence electrons. The maximum atomic E-state index is 12.2. The molecule has 0 bridgehead atoms. The minimum Gasteiger partial charge on any atom is -0.512 e. The molecule has 0 saturated carbocycles. The van der Waals surface area contributed by atoms with Gasteiger partial charge < -0.3 is 14.7 Å². The molecule has 0 saturated heterocycles. The molecule has 13 heavy (non-hydrogen) atoms. The summed E-state index contributed by atoms with van der Waals surface area (Å²) in [4.78, 5) is 0. The molecule has 1 aromatic rings. The summed E-state index contributed by atoms with van der Waals surface area (Å²) in [5, 5.41) is 16.8. The summed E-state index contributed by atoms with van der Waals surface area (Å²) in [6, 6.07) is 5.27. The van der Waals surface area contributed by atoms with Gasteiger partial charge >= 0.3 is 7.32 Å². The summed E-state index contributed by atoms with van der Waals surface area (Å²) in [6.45, 7) is 0. The van der Waals surface area contributed by atoms with Gasteiger partial charge in [-0.25, -0.2) is 8.78 Å². The number of hydrogen-bond donors (Lipinski definition) is 2. The maximum Gasteiger partial charge on any atom is 0.707 e. The molecule has 1 rings (SSSR count). The molecule has 0 radical (unpaired) electrons. The van der Waals surface area contributed by atoms with E-state index in [2.05, 4.69) is 4.65 Å². The van der Waals surface area contributed by atoms with Gasteiger partial charge in [-0.3, -0.25) is 0 Å². The van der Waals surface area contributed by atoms with Crippen LogP contribution in [0.2, 0.25) is 0 Å². The Bertz CT molecular complexity index is 280. The van der Waals surface area contributed by atoms with Crippen LogP contribution in [0.5, 0.6) is 5.75 Å². The van der Waals surface area contributed by atoms with Crippen molar-refractivity contribution in [2.24, 2.45) is 0 Å². The molecule has 0 atom stereocenters. The fourth-order valence-electron chi connectivity index (χ4n) is 0.882. The lowest BCUT2D eigenvalue weighted by molar-refractivity contribution is 0.147. The highest BCUT2D eigenvalue weighted by atomic mass is 19.3. The van der Waals surface area contributed by atoms with E-state index in [0.717, 1.165) is 6.07 Å². The van der Waals surface area contributed by atoms with E-state index in [0.29, 0.717) is 0 Å². The van der Waals surface area contributed by atoms with Crippen molar-refractivity contribution < 1.29 is 23.5 Å². The second-order valence-electron chi connectivity index (χ2n) is 2.28. The van der Waals surface area contributed by atoms with Gasteiger partial charge in [-0.2, -0.15) is 0 Å². The summed E-state index contributed by atoms with van der Waals surface area (Å²) < 4.78 is 28.8. The first-order valence-corrected chi connectivity index (χ1v) is 3.51. The van der Waals surface area contributed by atoms with E-state index in [1.54, 1.807) is 0 Å². The smallest absolute Gasteiger partial charge is 0.512 e. The lowest BCUT2D eigenvalue weighted by Gasteiger charge is -2.09. The third kappa shape index (κ3) is 2.68. The Labute approximate surface area is 73.8 Å². The van der Waals surface area contributed by atoms with Crippen LogP contribution >= 0.6 is 0 Å². The minimum absolute atomic E-state index is 0.229. The van der Waals surface area contributed by atoms with Crippen LogP contribution in [0.1, 0.15) is 12.0 Å². The van der Waals surface area contributed by atoms with Crippen LogP contribution in [-0.4, -0.2) is 17.4 Å². The molecule has 0 aliphatic rings. The van der Waals surface area contributed by atoms with E-state index in [1.165, 1.54) is 18.2 Å². The molecular weight excluding hydrogens is 181 g/mol. The van der Waals surface area contributed by atoms with Crippen LogP contribution in [0.4, 0.5) is 8.78 Å². The number of alkyl halides is 2. The molecule has 0 unspecified atom stereocenters. The van der Waals surface area contributed by atoms with Gasteiger partial charge in [0.2, 0.25) is 0 Å². The highest BCUT2D eigenvalue weighted by Crippen LogP contribution is 2.28. The SMILES string of the molecule is OB(O)Oc1ccccc1C(F)F. The number of rotatable bonds is 3. The fourth-order valence-corrected chi connectivity index (χ4v) is 0.882. The fraction of sp³-hybridized carbons (Fsp3) is 0.143. The molecule has 0 amide bonds. The minimum atomic E-state index is -2.70. The third-order valence-corrected chi connectivity index (χ3v) is 1.39. The van der Waals surface area contributed by atoms with E-state index in [4.69, 9.17) is 10.0 Å². The van der Waals surface area contributed by atoms with Crippen LogP contribution in [-0.2, 0) is 0 Å². The largest absolute Gasteiger partial charge is 0.707 e. The lowest BCUT2D eigenvalue weighted by atomic mass is 10.2. The van der Waals surface area contributed by atoms with Crippen molar-refractivity contribution in [2.75, 3.05) is 0 Å². The first-order valence-electron chi connectivity index (χ1n) is 3.51. The molecule has 0 spiro atoms. The van der Waals surface area contributed by atoms with Crippen LogP contribution in [0.25, 0.3) is 0 Å². The lowest BCUT2D eigenvalue weighted by Crippen LogP contribution is -2.21. The average Bonchev–Trinajstić information content (AvgIpc) is 2.03. The summed E-state index contributed by atoms with van der Waals surface area (Å²) in [7, 11) is -2.08. The Hall–Kier alpha value is -1.14. The van der Waals surface area contributed by atoms with Gasteiger partial charge in [-0.1, -0.05) is 12.1 Å². The van der Waals surface area contributed by atoms with Gasteiger partial charge in [0.05, 0.1) is 5.56 Å². The monoisotopic (exact) mass is 188 g/mol. The number of hydrogen-bond acceptors (Lipinski definition) is 3. The van der Waals surface area contributed by atoms with Gasteiger partial charge in [0.15, 0.2) is 0 Å². The topological polar surface area (TPSA) is 49.7 Å². The standard InChI is InChI=1S/C7H7BF2O3/c9-7(10)5-3-1-2-4-6(5)13-8(11)12/h1-4,7,11-12H. The van der Waals surface area contributed by atoms with Gasteiger partial charge in [-0.05, 0) is 12.1 Å². The Kier molecular flexibility index (Phi) is 3.22. The van der Waals surface area contributed by atoms with Crippen molar-refractivity contribution in [1.29, 1.82) is 0 Å². The Balaban J connectivity index is 2.91. The summed E-state index contributed by atoms with van der Waals surface area (Å²) in [6.07, 6.45) is -2.70. The first kappa shape index (κ1) is 9.95. The van der Waals surface area contributed by atoms with Gasteiger partial charge in [0.1, 0.15) is 5.75 Å². The van der Waals surface area contributed by atoms with Crippen molar-refractivity contribution in [1.82, 2.24) is 0 Å². The van der Waals surface area contributed by atoms with E-state index in [-0.39, 0.29) is 11.3 Å². The molecule has 0 aliphatic heterocycles. The quantitative estimate of drug-likeness (QED) is 0.694. The normalized spacial score (nSPS) is 10.2. The third-order valence-electron chi connectivity index (χ3n) is 1.39. The van der Waals surface area contributed by atoms with E-state index in [9.17, 15) is 8.78 Å². The molecule has 2 N–H and O–H groups in total. The van der Waals surface area contributed by atoms with Crippen LogP contribution in [0.15, 0.2) is 24.3 Å². The van der Waals surface area contributed by atoms with Crippen LogP contribution in [0.3, 0.4) is 0 Å². The zero-order valence-electron chi connectivity index (χ0n) is 6.52. The summed E-state index contributed by atoms with van der Waals surface area (Å²) in [5.41, 5.74) is -0.365. The zero-order valence-corrected chi connectivity index (χ0v) is 6.52. The average molecular weight is 188 g/mol. The number of benzene rings is 1. The molecular formula is C7H7BF2O3. The second kappa shape index (κ2) is 4.20. The Morgan fingerprint density at radius 3 is 2.38 bits per heavy atom. The molecule has 3 nitrogen and oxygen atoms in total. The van der Waals surface area contributed by atoms with E-state index >= 15 is 0 Å². The van der Waals surface area contributed by atoms with Gasteiger partial charge in [0, 0.05) is 0 Å². The van der Waals surface area contributed by atoms with Crippen LogP contribution in [0, 0.1) is 0 Å². The highest BCUT2D eigenvalue weighted by Gasteiger charge is 2.18. The molecule has 6 heteroatoms. The summed E-state index contributed by atoms with van der Waals surface area (Å²) in [5.74, 6) is -0.229. The molecule has 0 aliphatic carbocycles. The highest BCUT2D eigenvalue weighted by molar-refractivity contribution is 6.33. The number of para-hydroxylation sites is 1. The predicted octanol–water partition coefficient (Wildman–Crippen LogP) is 0.972. The van der Waals surface area contributed by atoms with E-state index in [1.807, 2.05) is 0 Å². The molecule has 0 heterocycles. The van der Waals surface area contributed by atoms with E-state index < -0.39 is 13.7 Å². The molecule has 1 aromatic carbocycles. The first-order chi connectivity index (χ1) is 6.11. The van der Waals surface area contributed by atoms with Crippen molar-refractivity contribution in [3.05, 3.63) is 29.8 Å². The summed E-state index contributed by atoms with van der Waals surface area (Å²) >= 11 is 0. The predicted molar refractivity (Wildman–Crippen MR) is 42.2 cm³/mol. The van der Waals surface area contributed by atoms with Gasteiger partial charge in [-0.15, -0.1) is 0 Å². The van der Waals surface area contributed by atoms with Crippen molar-refractivity contribution >= 4 is 7.32 Å². The van der Waals surface area contributed by atoms with Crippen molar-refractivity contribution in [2.45, 2.75) is 6.43 Å². The second-order valence-corrected chi connectivity index (χ2v) is 2.28. The van der Waals surface area contributed by atoms with Crippen molar-refractivity contribution in [3.8, 4) is 5.75 Å². The van der Waals surface area contributed by atoms with Gasteiger partial charge in [0.25, 0.3) is 6.43 Å². The Morgan fingerprint density at radius 2 is 1.85 bits per heavy atom. The molecule has 0 fully saturated rings. The van der Waals surface area contributed by atoms with Crippen molar-refractivity contribution in [3.63, 3.8) is 0 Å². The Morgan fingerprint density at radius 1 is 1.23 bits per heavy atom.